The molecule has 6 heteroatoms. The average Bonchev–Trinajstić information content (AvgIpc) is 2.80. The van der Waals surface area contributed by atoms with Crippen LogP contribution in [0.3, 0.4) is 0 Å². The van der Waals surface area contributed by atoms with E-state index < -0.39 is 0 Å². The molecule has 1 aliphatic heterocycles. The van der Waals surface area contributed by atoms with Crippen molar-refractivity contribution in [2.24, 2.45) is 5.92 Å². The van der Waals surface area contributed by atoms with Crippen molar-refractivity contribution in [1.29, 1.82) is 0 Å². The van der Waals surface area contributed by atoms with Gasteiger partial charge in [-0.15, -0.1) is 0 Å². The Morgan fingerprint density at radius 1 is 1.16 bits per heavy atom. The van der Waals surface area contributed by atoms with Gasteiger partial charge in [0.05, 0.1) is 22.6 Å². The molecule has 1 aliphatic rings. The molecule has 3 rings (SSSR count). The van der Waals surface area contributed by atoms with E-state index in [1.807, 2.05) is 18.2 Å². The van der Waals surface area contributed by atoms with Gasteiger partial charge in [0.25, 0.3) is 0 Å². The zero-order valence-corrected chi connectivity index (χ0v) is 20.2. The second-order valence-corrected chi connectivity index (χ2v) is 9.06. The van der Waals surface area contributed by atoms with E-state index in [1.54, 1.807) is 24.0 Å². The van der Waals surface area contributed by atoms with Crippen molar-refractivity contribution in [2.75, 3.05) is 19.7 Å². The lowest BCUT2D eigenvalue weighted by Crippen LogP contribution is -2.42. The Morgan fingerprint density at radius 3 is 2.62 bits per heavy atom. The average molecular weight is 474 g/mol. The maximum Gasteiger partial charge on any atom is 0.310 e. The first-order chi connectivity index (χ1) is 15.3. The zero-order valence-electron chi connectivity index (χ0n) is 18.7. The summed E-state index contributed by atoms with van der Waals surface area (Å²) in [6, 6.07) is 11.9. The number of amides is 1. The molecule has 2 aromatic carbocycles. The van der Waals surface area contributed by atoms with Crippen LogP contribution in [0.1, 0.15) is 50.7 Å². The number of carbonyl (C=O) groups is 2. The monoisotopic (exact) mass is 473 g/mol. The summed E-state index contributed by atoms with van der Waals surface area (Å²) in [5.74, 6) is -0.339. The fourth-order valence-corrected chi connectivity index (χ4v) is 4.49. The van der Waals surface area contributed by atoms with Gasteiger partial charge in [0.15, 0.2) is 0 Å². The van der Waals surface area contributed by atoms with Gasteiger partial charge in [0.1, 0.15) is 0 Å². The van der Waals surface area contributed by atoms with Gasteiger partial charge >= 0.3 is 5.97 Å². The number of nitrogens with zero attached hydrogens (tertiary/aromatic N) is 1. The van der Waals surface area contributed by atoms with E-state index in [4.69, 9.17) is 27.9 Å². The number of benzene rings is 2. The number of carbonyl (C=O) groups excluding carboxylic acids is 2. The minimum absolute atomic E-state index is 0.155. The van der Waals surface area contributed by atoms with Crippen LogP contribution >= 0.6 is 23.2 Å². The largest absolute Gasteiger partial charge is 0.466 e. The molecular weight excluding hydrogens is 445 g/mol. The van der Waals surface area contributed by atoms with Gasteiger partial charge in [-0.05, 0) is 54.5 Å². The van der Waals surface area contributed by atoms with Crippen molar-refractivity contribution < 1.29 is 14.3 Å². The molecule has 0 bridgehead atoms. The maximum atomic E-state index is 12.9. The number of likely N-dealkylation sites (tertiary alicyclic amines) is 1. The second kappa shape index (κ2) is 11.0. The fourth-order valence-electron chi connectivity index (χ4n) is 4.10. The molecule has 1 saturated heterocycles. The summed E-state index contributed by atoms with van der Waals surface area (Å²) in [7, 11) is 0. The normalized spacial score (nSPS) is 16.6. The third-order valence-electron chi connectivity index (χ3n) is 5.75. The third kappa shape index (κ3) is 5.54. The van der Waals surface area contributed by atoms with Gasteiger partial charge in [0, 0.05) is 24.7 Å². The molecule has 1 heterocycles. The number of ether oxygens (including phenoxy) is 1. The number of esters is 1. The van der Waals surface area contributed by atoms with Crippen molar-refractivity contribution >= 4 is 41.2 Å². The predicted octanol–water partition coefficient (Wildman–Crippen LogP) is 6.60. The topological polar surface area (TPSA) is 46.6 Å². The van der Waals surface area contributed by atoms with Gasteiger partial charge in [0.2, 0.25) is 5.91 Å². The Labute approximate surface area is 200 Å². The van der Waals surface area contributed by atoms with Gasteiger partial charge < -0.3 is 9.64 Å². The van der Waals surface area contributed by atoms with E-state index in [-0.39, 0.29) is 17.8 Å². The van der Waals surface area contributed by atoms with E-state index in [0.717, 1.165) is 24.0 Å². The number of piperidine rings is 1. The zero-order chi connectivity index (χ0) is 23.3. The summed E-state index contributed by atoms with van der Waals surface area (Å²) in [5, 5.41) is 0.847. The van der Waals surface area contributed by atoms with Crippen LogP contribution in [0.15, 0.2) is 42.5 Å². The molecular formula is C26H29Cl2NO3. The molecule has 2 aromatic rings. The lowest BCUT2D eigenvalue weighted by atomic mass is 9.90. The predicted molar refractivity (Wildman–Crippen MR) is 131 cm³/mol. The van der Waals surface area contributed by atoms with Crippen LogP contribution < -0.4 is 0 Å². The van der Waals surface area contributed by atoms with E-state index in [0.29, 0.717) is 41.2 Å². The molecule has 1 atom stereocenters. The molecule has 0 aliphatic carbocycles. The van der Waals surface area contributed by atoms with Gasteiger partial charge in [-0.1, -0.05) is 67.4 Å². The summed E-state index contributed by atoms with van der Waals surface area (Å²) < 4.78 is 5.14. The van der Waals surface area contributed by atoms with Crippen LogP contribution in [-0.4, -0.2) is 36.5 Å². The Hall–Kier alpha value is -2.30. The first-order valence-corrected chi connectivity index (χ1v) is 11.8. The minimum Gasteiger partial charge on any atom is -0.466 e. The van der Waals surface area contributed by atoms with Gasteiger partial charge in [-0.2, -0.15) is 0 Å². The molecule has 0 aromatic heterocycles. The number of hydrogen-bond acceptors (Lipinski definition) is 3. The Kier molecular flexibility index (Phi) is 8.38. The Balaban J connectivity index is 1.90. The SMILES string of the molecule is CCOC(=O)C1CCCN(C(=O)/C=C/c2c(-c3ccccc3C(C)C)ccc(Cl)c2Cl)C1. The van der Waals surface area contributed by atoms with Crippen molar-refractivity contribution in [1.82, 2.24) is 4.90 Å². The fraction of sp³-hybridized carbons (Fsp3) is 0.385. The summed E-state index contributed by atoms with van der Waals surface area (Å²) in [6.45, 7) is 7.41. The van der Waals surface area contributed by atoms with E-state index in [9.17, 15) is 9.59 Å². The van der Waals surface area contributed by atoms with E-state index >= 15 is 0 Å². The van der Waals surface area contributed by atoms with Crippen LogP contribution in [0.2, 0.25) is 10.0 Å². The van der Waals surface area contributed by atoms with Crippen LogP contribution in [-0.2, 0) is 14.3 Å². The summed E-state index contributed by atoms with van der Waals surface area (Å²) in [6.07, 6.45) is 4.76. The highest BCUT2D eigenvalue weighted by atomic mass is 35.5. The second-order valence-electron chi connectivity index (χ2n) is 8.27. The maximum absolute atomic E-state index is 12.9. The molecule has 1 fully saturated rings. The highest BCUT2D eigenvalue weighted by molar-refractivity contribution is 6.43. The van der Waals surface area contributed by atoms with Crippen LogP contribution in [0.25, 0.3) is 17.2 Å². The molecule has 0 saturated carbocycles. The Bertz CT molecular complexity index is 1020. The van der Waals surface area contributed by atoms with Crippen molar-refractivity contribution in [2.45, 2.75) is 39.5 Å². The van der Waals surface area contributed by atoms with Crippen LogP contribution in [0.5, 0.6) is 0 Å². The highest BCUT2D eigenvalue weighted by Gasteiger charge is 2.28. The van der Waals surface area contributed by atoms with E-state index in [2.05, 4.69) is 26.0 Å². The molecule has 4 nitrogen and oxygen atoms in total. The number of halogens is 2. The lowest BCUT2D eigenvalue weighted by Gasteiger charge is -2.30. The van der Waals surface area contributed by atoms with Crippen LogP contribution in [0, 0.1) is 5.92 Å². The minimum atomic E-state index is -0.274. The highest BCUT2D eigenvalue weighted by Crippen LogP contribution is 2.38. The van der Waals surface area contributed by atoms with Crippen LogP contribution in [0.4, 0.5) is 0 Å². The molecule has 1 unspecified atom stereocenters. The molecule has 0 radical (unpaired) electrons. The first-order valence-electron chi connectivity index (χ1n) is 11.0. The van der Waals surface area contributed by atoms with Crippen molar-refractivity contribution in [3.63, 3.8) is 0 Å². The molecule has 0 N–H and O–H groups in total. The van der Waals surface area contributed by atoms with E-state index in [1.165, 1.54) is 11.6 Å². The standard InChI is InChI=1S/C26H29Cl2NO3/c1-4-32-26(31)18-8-7-15-29(16-18)24(30)14-12-22-21(11-13-23(27)25(22)28)20-10-6-5-9-19(20)17(2)3/h5-6,9-14,17-18H,4,7-8,15-16H2,1-3H3/b14-12+. The smallest absolute Gasteiger partial charge is 0.310 e. The summed E-state index contributed by atoms with van der Waals surface area (Å²) >= 11 is 12.9. The van der Waals surface area contributed by atoms with Gasteiger partial charge in [-0.25, -0.2) is 0 Å². The molecule has 32 heavy (non-hydrogen) atoms. The first kappa shape index (κ1) is 24.3. The van der Waals surface area contributed by atoms with Crippen molar-refractivity contribution in [3.05, 3.63) is 63.6 Å². The quantitative estimate of drug-likeness (QED) is 0.350. The Morgan fingerprint density at radius 2 is 1.91 bits per heavy atom. The van der Waals surface area contributed by atoms with Crippen molar-refractivity contribution in [3.8, 4) is 11.1 Å². The third-order valence-corrected chi connectivity index (χ3v) is 6.57. The number of rotatable bonds is 6. The number of hydrogen-bond donors (Lipinski definition) is 0. The molecule has 170 valence electrons. The molecule has 1 amide bonds. The van der Waals surface area contributed by atoms with Gasteiger partial charge in [-0.3, -0.25) is 9.59 Å². The summed E-state index contributed by atoms with van der Waals surface area (Å²) in [5.41, 5.74) is 3.89. The summed E-state index contributed by atoms with van der Waals surface area (Å²) in [4.78, 5) is 26.7. The lowest BCUT2D eigenvalue weighted by molar-refractivity contribution is -0.150. The molecule has 0 spiro atoms.